The number of nitrogens with zero attached hydrogens (tertiary/aromatic N) is 1. The van der Waals surface area contributed by atoms with Gasteiger partial charge in [0.1, 0.15) is 5.75 Å². The monoisotopic (exact) mass is 337 g/mol. The molecule has 1 unspecified atom stereocenters. The maximum absolute atomic E-state index is 12.1. The van der Waals surface area contributed by atoms with E-state index in [2.05, 4.69) is 15.6 Å². The quantitative estimate of drug-likeness (QED) is 0.900. The molecule has 1 aliphatic rings. The van der Waals surface area contributed by atoms with Crippen LogP contribution < -0.4 is 15.4 Å². The van der Waals surface area contributed by atoms with Gasteiger partial charge >= 0.3 is 0 Å². The maximum atomic E-state index is 12.1. The number of amides is 1. The van der Waals surface area contributed by atoms with Crippen molar-refractivity contribution in [3.05, 3.63) is 28.6 Å². The lowest BCUT2D eigenvalue weighted by Crippen LogP contribution is -2.24. The largest absolute Gasteiger partial charge is 0.495 e. The van der Waals surface area contributed by atoms with Gasteiger partial charge in [0.15, 0.2) is 5.13 Å². The number of thiazole rings is 1. The zero-order valence-electron chi connectivity index (χ0n) is 12.1. The summed E-state index contributed by atoms with van der Waals surface area (Å²) in [6, 6.07) is 5.51. The van der Waals surface area contributed by atoms with Crippen molar-refractivity contribution in [1.82, 2.24) is 10.3 Å². The molecule has 0 spiro atoms. The topological polar surface area (TPSA) is 63.2 Å². The van der Waals surface area contributed by atoms with Gasteiger partial charge in [-0.1, -0.05) is 11.6 Å². The van der Waals surface area contributed by atoms with Crippen LogP contribution in [0, 0.1) is 5.92 Å². The lowest BCUT2D eigenvalue weighted by molar-refractivity contribution is -0.119. The Balaban J connectivity index is 1.73. The van der Waals surface area contributed by atoms with Crippen molar-refractivity contribution < 1.29 is 9.53 Å². The van der Waals surface area contributed by atoms with Gasteiger partial charge in [-0.2, -0.15) is 0 Å². The molecule has 1 atom stereocenters. The molecule has 2 heterocycles. The number of hydrogen-bond donors (Lipinski definition) is 2. The second-order valence-corrected chi connectivity index (χ2v) is 6.33. The molecular formula is C15H16ClN3O2S. The van der Waals surface area contributed by atoms with Gasteiger partial charge < -0.3 is 15.4 Å². The molecule has 5 nitrogen and oxygen atoms in total. The van der Waals surface area contributed by atoms with Crippen molar-refractivity contribution in [3.63, 3.8) is 0 Å². The Kier molecular flexibility index (Phi) is 4.61. The van der Waals surface area contributed by atoms with Gasteiger partial charge in [0.05, 0.1) is 23.7 Å². The summed E-state index contributed by atoms with van der Waals surface area (Å²) < 4.78 is 5.14. The molecule has 0 saturated carbocycles. The van der Waals surface area contributed by atoms with Crippen LogP contribution in [-0.4, -0.2) is 31.1 Å². The van der Waals surface area contributed by atoms with Gasteiger partial charge in [-0.25, -0.2) is 4.98 Å². The zero-order chi connectivity index (χ0) is 15.5. The molecular weight excluding hydrogens is 322 g/mol. The van der Waals surface area contributed by atoms with Crippen LogP contribution in [0.2, 0.25) is 5.02 Å². The van der Waals surface area contributed by atoms with Crippen molar-refractivity contribution in [1.29, 1.82) is 0 Å². The molecule has 7 heteroatoms. The van der Waals surface area contributed by atoms with E-state index in [1.54, 1.807) is 13.2 Å². The van der Waals surface area contributed by atoms with Gasteiger partial charge in [0.25, 0.3) is 0 Å². The highest BCUT2D eigenvalue weighted by Crippen LogP contribution is 2.31. The smallest absolute Gasteiger partial charge is 0.230 e. The third-order valence-corrected chi connectivity index (χ3v) is 4.67. The van der Waals surface area contributed by atoms with Gasteiger partial charge in [-0.15, -0.1) is 11.3 Å². The fourth-order valence-corrected chi connectivity index (χ4v) is 3.36. The summed E-state index contributed by atoms with van der Waals surface area (Å²) in [4.78, 5) is 16.5. The second kappa shape index (κ2) is 6.64. The van der Waals surface area contributed by atoms with Crippen LogP contribution in [0.5, 0.6) is 5.75 Å². The van der Waals surface area contributed by atoms with Crippen LogP contribution in [0.3, 0.4) is 0 Å². The zero-order valence-corrected chi connectivity index (χ0v) is 13.6. The summed E-state index contributed by atoms with van der Waals surface area (Å²) >= 11 is 7.54. The minimum atomic E-state index is 0.0265. The standard InChI is InChI=1S/C15H16ClN3O2S/c1-21-13-3-2-9(6-11(13)16)12-8-22-15(18-12)19-14(20)10-4-5-17-7-10/h2-3,6,8,10,17H,4-5,7H2,1H3,(H,18,19,20). The highest BCUT2D eigenvalue weighted by Gasteiger charge is 2.23. The third-order valence-electron chi connectivity index (χ3n) is 3.61. The highest BCUT2D eigenvalue weighted by atomic mass is 35.5. The maximum Gasteiger partial charge on any atom is 0.230 e. The summed E-state index contributed by atoms with van der Waals surface area (Å²) in [5, 5.41) is 9.12. The van der Waals surface area contributed by atoms with Gasteiger partial charge in [-0.05, 0) is 31.2 Å². The Morgan fingerprint density at radius 1 is 1.55 bits per heavy atom. The first-order valence-corrected chi connectivity index (χ1v) is 8.24. The Labute approximate surface area is 137 Å². The van der Waals surface area contributed by atoms with Crippen LogP contribution in [0.25, 0.3) is 11.3 Å². The molecule has 1 aromatic carbocycles. The van der Waals surface area contributed by atoms with Crippen LogP contribution in [0.15, 0.2) is 23.6 Å². The average molecular weight is 338 g/mol. The first-order chi connectivity index (χ1) is 10.7. The normalized spacial score (nSPS) is 17.5. The number of benzene rings is 1. The summed E-state index contributed by atoms with van der Waals surface area (Å²) in [6.45, 7) is 1.63. The number of carbonyl (C=O) groups is 1. The second-order valence-electron chi connectivity index (χ2n) is 5.07. The van der Waals surface area contributed by atoms with E-state index in [1.807, 2.05) is 17.5 Å². The van der Waals surface area contributed by atoms with Gasteiger partial charge in [0, 0.05) is 17.5 Å². The number of anilines is 1. The molecule has 2 aromatic rings. The number of hydrogen-bond acceptors (Lipinski definition) is 5. The van der Waals surface area contributed by atoms with E-state index in [0.717, 1.165) is 30.8 Å². The summed E-state index contributed by atoms with van der Waals surface area (Å²) in [5.41, 5.74) is 1.68. The number of carbonyl (C=O) groups excluding carboxylic acids is 1. The number of aromatic nitrogens is 1. The molecule has 22 heavy (non-hydrogen) atoms. The van der Waals surface area contributed by atoms with E-state index in [9.17, 15) is 4.79 Å². The fourth-order valence-electron chi connectivity index (χ4n) is 2.38. The molecule has 0 aliphatic carbocycles. The molecule has 3 rings (SSSR count). The SMILES string of the molecule is COc1ccc(-c2csc(NC(=O)C3CCNC3)n2)cc1Cl. The summed E-state index contributed by atoms with van der Waals surface area (Å²) in [5.74, 6) is 0.685. The molecule has 1 aliphatic heterocycles. The summed E-state index contributed by atoms with van der Waals surface area (Å²) in [7, 11) is 1.58. The Hall–Kier alpha value is -1.63. The van der Waals surface area contributed by atoms with Crippen molar-refractivity contribution >= 4 is 34.0 Å². The highest BCUT2D eigenvalue weighted by molar-refractivity contribution is 7.14. The number of ether oxygens (including phenoxy) is 1. The van der Waals surface area contributed by atoms with Crippen LogP contribution in [-0.2, 0) is 4.79 Å². The minimum absolute atomic E-state index is 0.0265. The number of methoxy groups -OCH3 is 1. The van der Waals surface area contributed by atoms with Crippen LogP contribution in [0.4, 0.5) is 5.13 Å². The third kappa shape index (κ3) is 3.24. The summed E-state index contributed by atoms with van der Waals surface area (Å²) in [6.07, 6.45) is 0.873. The fraction of sp³-hybridized carbons (Fsp3) is 0.333. The molecule has 1 fully saturated rings. The van der Waals surface area contributed by atoms with E-state index < -0.39 is 0 Å². The van der Waals surface area contributed by atoms with E-state index in [-0.39, 0.29) is 11.8 Å². The molecule has 2 N–H and O–H groups in total. The lowest BCUT2D eigenvalue weighted by Gasteiger charge is -2.07. The molecule has 0 radical (unpaired) electrons. The lowest BCUT2D eigenvalue weighted by atomic mass is 10.1. The molecule has 1 aromatic heterocycles. The first kappa shape index (κ1) is 15.3. The molecule has 116 valence electrons. The predicted molar refractivity (Wildman–Crippen MR) is 88.7 cm³/mol. The van der Waals surface area contributed by atoms with Gasteiger partial charge in [-0.3, -0.25) is 4.79 Å². The first-order valence-electron chi connectivity index (χ1n) is 6.98. The molecule has 1 saturated heterocycles. The van der Waals surface area contributed by atoms with Crippen molar-refractivity contribution in [2.45, 2.75) is 6.42 Å². The number of nitrogens with one attached hydrogen (secondary N) is 2. The van der Waals surface area contributed by atoms with E-state index in [4.69, 9.17) is 16.3 Å². The van der Waals surface area contributed by atoms with Gasteiger partial charge in [0.2, 0.25) is 5.91 Å². The van der Waals surface area contributed by atoms with Crippen molar-refractivity contribution in [2.24, 2.45) is 5.92 Å². The van der Waals surface area contributed by atoms with Crippen molar-refractivity contribution in [2.75, 3.05) is 25.5 Å². The molecule has 1 amide bonds. The average Bonchev–Trinajstić information content (AvgIpc) is 3.18. The van der Waals surface area contributed by atoms with E-state index in [0.29, 0.717) is 15.9 Å². The van der Waals surface area contributed by atoms with Crippen molar-refractivity contribution in [3.8, 4) is 17.0 Å². The van der Waals surface area contributed by atoms with E-state index in [1.165, 1.54) is 11.3 Å². The Morgan fingerprint density at radius 3 is 3.09 bits per heavy atom. The van der Waals surface area contributed by atoms with Crippen LogP contribution in [0.1, 0.15) is 6.42 Å². The van der Waals surface area contributed by atoms with Crippen LogP contribution >= 0.6 is 22.9 Å². The number of halogens is 1. The Bertz CT molecular complexity index is 683. The molecule has 0 bridgehead atoms. The Morgan fingerprint density at radius 2 is 2.41 bits per heavy atom. The predicted octanol–water partition coefficient (Wildman–Crippen LogP) is 3.02. The van der Waals surface area contributed by atoms with E-state index >= 15 is 0 Å². The number of rotatable bonds is 4. The minimum Gasteiger partial charge on any atom is -0.495 e.